The summed E-state index contributed by atoms with van der Waals surface area (Å²) >= 11 is 0. The highest BCUT2D eigenvalue weighted by Crippen LogP contribution is 2.26. The minimum absolute atomic E-state index is 0.220. The van der Waals surface area contributed by atoms with Gasteiger partial charge in [-0.3, -0.25) is 9.48 Å². The standard InChI is InChI=1S/C10H12N2O/c1-12-10(5-6-11-12)8-3-2-4-9(13)7-8/h2,4-6,8H,3,7H2,1H3. The number of allylic oxidation sites excluding steroid dienone is 2. The van der Waals surface area contributed by atoms with Gasteiger partial charge in [-0.05, 0) is 18.6 Å². The van der Waals surface area contributed by atoms with Gasteiger partial charge in [0.2, 0.25) is 0 Å². The van der Waals surface area contributed by atoms with Crippen LogP contribution in [0, 0.1) is 0 Å². The molecule has 1 unspecified atom stereocenters. The highest BCUT2D eigenvalue weighted by atomic mass is 16.1. The number of ketones is 1. The number of hydrogen-bond acceptors (Lipinski definition) is 2. The predicted octanol–water partition coefficient (Wildman–Crippen LogP) is 1.42. The van der Waals surface area contributed by atoms with E-state index in [2.05, 4.69) is 5.10 Å². The van der Waals surface area contributed by atoms with Crippen molar-refractivity contribution < 1.29 is 4.79 Å². The zero-order chi connectivity index (χ0) is 9.26. The lowest BCUT2D eigenvalue weighted by Gasteiger charge is -2.16. The van der Waals surface area contributed by atoms with Gasteiger partial charge in [-0.1, -0.05) is 6.08 Å². The van der Waals surface area contributed by atoms with Crippen molar-refractivity contribution in [3.05, 3.63) is 30.1 Å². The van der Waals surface area contributed by atoms with Crippen molar-refractivity contribution in [2.75, 3.05) is 0 Å². The van der Waals surface area contributed by atoms with Crippen LogP contribution in [0.1, 0.15) is 24.5 Å². The van der Waals surface area contributed by atoms with E-state index in [4.69, 9.17) is 0 Å². The fourth-order valence-electron chi connectivity index (χ4n) is 1.77. The maximum atomic E-state index is 11.2. The van der Waals surface area contributed by atoms with Crippen molar-refractivity contribution in [2.24, 2.45) is 7.05 Å². The van der Waals surface area contributed by atoms with Crippen molar-refractivity contribution in [1.82, 2.24) is 9.78 Å². The smallest absolute Gasteiger partial charge is 0.156 e. The number of carbonyl (C=O) groups is 1. The number of rotatable bonds is 1. The van der Waals surface area contributed by atoms with Gasteiger partial charge in [0.25, 0.3) is 0 Å². The molecule has 0 aromatic carbocycles. The molecule has 3 heteroatoms. The minimum Gasteiger partial charge on any atom is -0.295 e. The van der Waals surface area contributed by atoms with E-state index in [0.717, 1.165) is 12.1 Å². The Bertz CT molecular complexity index is 352. The zero-order valence-electron chi connectivity index (χ0n) is 7.60. The Kier molecular flexibility index (Phi) is 2.00. The van der Waals surface area contributed by atoms with Crippen LogP contribution < -0.4 is 0 Å². The summed E-state index contributed by atoms with van der Waals surface area (Å²) in [5.74, 6) is 0.544. The molecule has 0 radical (unpaired) electrons. The molecular weight excluding hydrogens is 164 g/mol. The molecule has 1 aliphatic rings. The molecule has 1 heterocycles. The summed E-state index contributed by atoms with van der Waals surface area (Å²) < 4.78 is 1.84. The van der Waals surface area contributed by atoms with Gasteiger partial charge in [0.15, 0.2) is 5.78 Å². The van der Waals surface area contributed by atoms with E-state index in [1.165, 1.54) is 0 Å². The van der Waals surface area contributed by atoms with Crippen LogP contribution in [0.25, 0.3) is 0 Å². The molecule has 0 N–H and O–H groups in total. The van der Waals surface area contributed by atoms with Gasteiger partial charge in [0.1, 0.15) is 0 Å². The third kappa shape index (κ3) is 1.54. The maximum Gasteiger partial charge on any atom is 0.156 e. The predicted molar refractivity (Wildman–Crippen MR) is 49.3 cm³/mol. The van der Waals surface area contributed by atoms with Gasteiger partial charge in [-0.15, -0.1) is 0 Å². The lowest BCUT2D eigenvalue weighted by atomic mass is 9.91. The molecular formula is C10H12N2O. The molecule has 0 saturated carbocycles. The molecule has 1 aromatic heterocycles. The first kappa shape index (κ1) is 8.23. The van der Waals surface area contributed by atoms with Crippen LogP contribution in [0.2, 0.25) is 0 Å². The summed E-state index contributed by atoms with van der Waals surface area (Å²) in [5.41, 5.74) is 1.15. The van der Waals surface area contributed by atoms with E-state index in [-0.39, 0.29) is 5.78 Å². The van der Waals surface area contributed by atoms with E-state index in [9.17, 15) is 4.79 Å². The van der Waals surface area contributed by atoms with Crippen LogP contribution in [0.15, 0.2) is 24.4 Å². The van der Waals surface area contributed by atoms with Crippen LogP contribution >= 0.6 is 0 Å². The monoisotopic (exact) mass is 176 g/mol. The molecule has 2 rings (SSSR count). The van der Waals surface area contributed by atoms with Crippen LogP contribution in [0.5, 0.6) is 0 Å². The number of carbonyl (C=O) groups excluding carboxylic acids is 1. The average Bonchev–Trinajstić information content (AvgIpc) is 2.51. The van der Waals surface area contributed by atoms with Crippen molar-refractivity contribution in [3.8, 4) is 0 Å². The second kappa shape index (κ2) is 3.17. The van der Waals surface area contributed by atoms with Crippen molar-refractivity contribution in [2.45, 2.75) is 18.8 Å². The van der Waals surface area contributed by atoms with Crippen LogP contribution in [-0.2, 0) is 11.8 Å². The summed E-state index contributed by atoms with van der Waals surface area (Å²) in [7, 11) is 1.91. The SMILES string of the molecule is Cn1nccc1C1CC=CC(=O)C1. The summed E-state index contributed by atoms with van der Waals surface area (Å²) in [6, 6.07) is 1.98. The molecule has 0 fully saturated rings. The Morgan fingerprint density at radius 3 is 3.08 bits per heavy atom. The van der Waals surface area contributed by atoms with Crippen LogP contribution in [0.3, 0.4) is 0 Å². The molecule has 3 nitrogen and oxygen atoms in total. The fraction of sp³-hybridized carbons (Fsp3) is 0.400. The third-order valence-electron chi connectivity index (χ3n) is 2.45. The van der Waals surface area contributed by atoms with E-state index in [1.54, 1.807) is 12.3 Å². The maximum absolute atomic E-state index is 11.2. The van der Waals surface area contributed by atoms with E-state index in [1.807, 2.05) is 23.9 Å². The highest BCUT2D eigenvalue weighted by Gasteiger charge is 2.19. The molecule has 0 saturated heterocycles. The summed E-state index contributed by atoms with van der Waals surface area (Å²) in [4.78, 5) is 11.2. The first-order valence-electron chi connectivity index (χ1n) is 4.44. The molecule has 13 heavy (non-hydrogen) atoms. The Morgan fingerprint density at radius 1 is 1.62 bits per heavy atom. The molecule has 0 aliphatic heterocycles. The zero-order valence-corrected chi connectivity index (χ0v) is 7.60. The summed E-state index contributed by atoms with van der Waals surface area (Å²) in [6.45, 7) is 0. The molecule has 0 amide bonds. The van der Waals surface area contributed by atoms with E-state index < -0.39 is 0 Å². The Labute approximate surface area is 77.1 Å². The Hall–Kier alpha value is -1.38. The molecule has 1 aliphatic carbocycles. The minimum atomic E-state index is 0.220. The fourth-order valence-corrected chi connectivity index (χ4v) is 1.77. The van der Waals surface area contributed by atoms with Crippen molar-refractivity contribution in [3.63, 3.8) is 0 Å². The Morgan fingerprint density at radius 2 is 2.46 bits per heavy atom. The van der Waals surface area contributed by atoms with Crippen LogP contribution in [-0.4, -0.2) is 15.6 Å². The second-order valence-corrected chi connectivity index (χ2v) is 3.39. The van der Waals surface area contributed by atoms with Gasteiger partial charge < -0.3 is 0 Å². The molecule has 0 spiro atoms. The highest BCUT2D eigenvalue weighted by molar-refractivity contribution is 5.91. The van der Waals surface area contributed by atoms with E-state index in [0.29, 0.717) is 12.3 Å². The van der Waals surface area contributed by atoms with E-state index >= 15 is 0 Å². The number of hydrogen-bond donors (Lipinski definition) is 0. The van der Waals surface area contributed by atoms with Gasteiger partial charge in [0, 0.05) is 31.3 Å². The molecule has 68 valence electrons. The molecule has 1 aromatic rings. The first-order chi connectivity index (χ1) is 6.27. The van der Waals surface area contributed by atoms with Crippen LogP contribution in [0.4, 0.5) is 0 Å². The Balaban J connectivity index is 2.23. The topological polar surface area (TPSA) is 34.9 Å². The largest absolute Gasteiger partial charge is 0.295 e. The van der Waals surface area contributed by atoms with Gasteiger partial charge in [0.05, 0.1) is 0 Å². The van der Waals surface area contributed by atoms with Crippen molar-refractivity contribution >= 4 is 5.78 Å². The normalized spacial score (nSPS) is 22.2. The molecule has 0 bridgehead atoms. The quantitative estimate of drug-likeness (QED) is 0.648. The second-order valence-electron chi connectivity index (χ2n) is 3.39. The number of nitrogens with zero attached hydrogens (tertiary/aromatic N) is 2. The average molecular weight is 176 g/mol. The van der Waals surface area contributed by atoms with Gasteiger partial charge >= 0.3 is 0 Å². The summed E-state index contributed by atoms with van der Waals surface area (Å²) in [6.07, 6.45) is 6.97. The first-order valence-corrected chi connectivity index (χ1v) is 4.44. The number of aryl methyl sites for hydroxylation is 1. The lowest BCUT2D eigenvalue weighted by molar-refractivity contribution is -0.115. The molecule has 1 atom stereocenters. The van der Waals surface area contributed by atoms with Gasteiger partial charge in [-0.2, -0.15) is 5.10 Å². The van der Waals surface area contributed by atoms with Crippen molar-refractivity contribution in [1.29, 1.82) is 0 Å². The number of aromatic nitrogens is 2. The van der Waals surface area contributed by atoms with Gasteiger partial charge in [-0.25, -0.2) is 0 Å². The summed E-state index contributed by atoms with van der Waals surface area (Å²) in [5, 5.41) is 4.10. The third-order valence-corrected chi connectivity index (χ3v) is 2.45. The lowest BCUT2D eigenvalue weighted by Crippen LogP contribution is -2.12.